The summed E-state index contributed by atoms with van der Waals surface area (Å²) in [6.07, 6.45) is 3.59. The molecule has 0 amide bonds. The van der Waals surface area contributed by atoms with Gasteiger partial charge in [-0.1, -0.05) is 88.9 Å². The van der Waals surface area contributed by atoms with Crippen LogP contribution in [0.15, 0.2) is 168 Å². The number of carbonyl (C=O) groups excluding carboxylic acids is 1. The van der Waals surface area contributed by atoms with E-state index in [0.717, 1.165) is 67.4 Å². The largest absolute Gasteiger partial charge is 0.333 e. The fraction of sp³-hybridized carbons (Fsp3) is 0.0980. The number of hydrogen-bond acceptors (Lipinski definition) is 5. The Morgan fingerprint density at radius 1 is 0.587 bits per heavy atom. The number of pyridine rings is 2. The van der Waals surface area contributed by atoms with Gasteiger partial charge in [0.25, 0.3) is 11.1 Å². The van der Waals surface area contributed by atoms with Gasteiger partial charge in [-0.25, -0.2) is 4.98 Å². The minimum atomic E-state index is -1.01. The van der Waals surface area contributed by atoms with E-state index >= 15 is 0 Å². The predicted molar refractivity (Wildman–Crippen MR) is 258 cm³/mol. The van der Waals surface area contributed by atoms with Crippen molar-refractivity contribution in [2.75, 3.05) is 0 Å². The molecule has 0 aliphatic rings. The van der Waals surface area contributed by atoms with Crippen LogP contribution in [0.4, 0.5) is 0 Å². The molecule has 0 saturated carbocycles. The van der Waals surface area contributed by atoms with E-state index in [1.54, 1.807) is 90.4 Å². The van der Waals surface area contributed by atoms with Crippen molar-refractivity contribution in [2.45, 2.75) is 19.0 Å². The number of nitrogens with zero attached hydrogens (tertiary/aromatic N) is 4. The SMILES string of the molecule is CCn1cncc1[C@@](N)(c1ccc(Cl)cc1)c1ccc2c(c1)c(-c1cccc(Cl)c1)cc(=O)n2C.Cn1c(=O)cc(-c2cccc(Cl)c2)c2cc(C(=O)c3ccc(Cl)cc3)ccc21. The van der Waals surface area contributed by atoms with Gasteiger partial charge in [0, 0.05) is 74.8 Å². The first kappa shape index (κ1) is 43.4. The molecule has 0 fully saturated rings. The topological polar surface area (TPSA) is 105 Å². The highest BCUT2D eigenvalue weighted by Gasteiger charge is 2.35. The molecular formula is C51H39Cl4N5O3. The molecule has 0 aliphatic heterocycles. The summed E-state index contributed by atoms with van der Waals surface area (Å²) in [4.78, 5) is 42.5. The molecule has 8 nitrogen and oxygen atoms in total. The Labute approximate surface area is 383 Å². The van der Waals surface area contributed by atoms with Gasteiger partial charge in [-0.2, -0.15) is 0 Å². The predicted octanol–water partition coefficient (Wildman–Crippen LogP) is 11.7. The van der Waals surface area contributed by atoms with Crippen LogP contribution in [-0.4, -0.2) is 24.5 Å². The quantitative estimate of drug-likeness (QED) is 0.153. The van der Waals surface area contributed by atoms with Gasteiger partial charge in [0.05, 0.1) is 29.3 Å². The number of fused-ring (bicyclic) bond motifs is 2. The second kappa shape index (κ2) is 17.8. The van der Waals surface area contributed by atoms with E-state index in [4.69, 9.17) is 52.1 Å². The van der Waals surface area contributed by atoms with Crippen molar-refractivity contribution in [1.82, 2.24) is 18.7 Å². The fourth-order valence-corrected chi connectivity index (χ4v) is 8.58. The Morgan fingerprint density at radius 3 is 1.62 bits per heavy atom. The first-order valence-electron chi connectivity index (χ1n) is 19.9. The van der Waals surface area contributed by atoms with Crippen molar-refractivity contribution in [3.8, 4) is 22.3 Å². The third kappa shape index (κ3) is 8.48. The average molecular weight is 912 g/mol. The molecule has 1 atom stereocenters. The summed E-state index contributed by atoms with van der Waals surface area (Å²) in [7, 11) is 3.49. The van der Waals surface area contributed by atoms with E-state index in [9.17, 15) is 14.4 Å². The smallest absolute Gasteiger partial charge is 0.251 e. The van der Waals surface area contributed by atoms with Crippen LogP contribution in [0, 0.1) is 0 Å². The molecule has 3 heterocycles. The number of ketones is 1. The van der Waals surface area contributed by atoms with Crippen molar-refractivity contribution >= 4 is 74.0 Å². The van der Waals surface area contributed by atoms with E-state index in [2.05, 4.69) is 18.0 Å². The normalized spacial score (nSPS) is 12.2. The molecule has 12 heteroatoms. The zero-order valence-corrected chi connectivity index (χ0v) is 37.3. The highest BCUT2D eigenvalue weighted by atomic mass is 35.5. The molecule has 0 radical (unpaired) electrons. The monoisotopic (exact) mass is 909 g/mol. The van der Waals surface area contributed by atoms with Gasteiger partial charge >= 0.3 is 0 Å². The molecule has 63 heavy (non-hydrogen) atoms. The summed E-state index contributed by atoms with van der Waals surface area (Å²) < 4.78 is 5.25. The second-order valence-electron chi connectivity index (χ2n) is 15.1. The van der Waals surface area contributed by atoms with Gasteiger partial charge in [-0.3, -0.25) is 14.4 Å². The van der Waals surface area contributed by atoms with Crippen molar-refractivity contribution in [3.05, 3.63) is 227 Å². The highest BCUT2D eigenvalue weighted by Crippen LogP contribution is 2.38. The van der Waals surface area contributed by atoms with Crippen LogP contribution >= 0.6 is 46.4 Å². The van der Waals surface area contributed by atoms with Crippen LogP contribution in [0.25, 0.3) is 44.1 Å². The number of hydrogen-bond donors (Lipinski definition) is 1. The number of nitrogens with two attached hydrogens (primary N) is 1. The van der Waals surface area contributed by atoms with E-state index in [1.807, 2.05) is 89.5 Å². The lowest BCUT2D eigenvalue weighted by Crippen LogP contribution is -2.41. The van der Waals surface area contributed by atoms with Crippen molar-refractivity contribution in [1.29, 1.82) is 0 Å². The van der Waals surface area contributed by atoms with Gasteiger partial charge < -0.3 is 19.4 Å². The van der Waals surface area contributed by atoms with Crippen molar-refractivity contribution in [2.24, 2.45) is 19.8 Å². The molecule has 9 rings (SSSR count). The minimum absolute atomic E-state index is 0.0963. The third-order valence-corrected chi connectivity index (χ3v) is 12.3. The van der Waals surface area contributed by atoms with E-state index in [0.29, 0.717) is 31.2 Å². The number of carbonyl (C=O) groups is 1. The number of aryl methyl sites for hydroxylation is 3. The molecule has 0 aliphatic carbocycles. The zero-order chi connectivity index (χ0) is 44.6. The first-order valence-corrected chi connectivity index (χ1v) is 21.4. The van der Waals surface area contributed by atoms with Crippen LogP contribution < -0.4 is 16.9 Å². The Morgan fingerprint density at radius 2 is 1.08 bits per heavy atom. The van der Waals surface area contributed by atoms with Gasteiger partial charge in [-0.15, -0.1) is 0 Å². The van der Waals surface area contributed by atoms with E-state index < -0.39 is 5.54 Å². The van der Waals surface area contributed by atoms with Crippen molar-refractivity contribution in [3.63, 3.8) is 0 Å². The summed E-state index contributed by atoms with van der Waals surface area (Å²) in [6, 6.07) is 43.8. The van der Waals surface area contributed by atoms with Gasteiger partial charge in [-0.05, 0) is 131 Å². The standard InChI is InChI=1S/C28H24Cl2N4O.C23H15Cl2NO2/c1-3-34-17-32-16-26(34)28(31,19-7-10-21(29)11-8-19)20-9-12-25-24(14-20)23(15-27(35)33(25)2)18-5-4-6-22(30)13-18;1-26-21-10-7-16(23(28)14-5-8-17(24)9-6-14)12-20(21)19(13-22(26)27)15-3-2-4-18(25)11-15/h4-17H,3,31H2,1-2H3;2-13H,1H3/t28-;/m1./s1. The molecule has 314 valence electrons. The first-order chi connectivity index (χ1) is 30.3. The number of halogens is 4. The lowest BCUT2D eigenvalue weighted by atomic mass is 9.80. The molecule has 0 spiro atoms. The van der Waals surface area contributed by atoms with Crippen LogP contribution in [0.5, 0.6) is 0 Å². The summed E-state index contributed by atoms with van der Waals surface area (Å²) in [5, 5.41) is 4.11. The summed E-state index contributed by atoms with van der Waals surface area (Å²) >= 11 is 24.6. The fourth-order valence-electron chi connectivity index (χ4n) is 7.94. The lowest BCUT2D eigenvalue weighted by molar-refractivity contribution is 0.103. The highest BCUT2D eigenvalue weighted by molar-refractivity contribution is 6.31. The maximum absolute atomic E-state index is 12.9. The molecule has 0 bridgehead atoms. The maximum atomic E-state index is 12.9. The van der Waals surface area contributed by atoms with Crippen LogP contribution in [0.2, 0.25) is 20.1 Å². The van der Waals surface area contributed by atoms with Crippen molar-refractivity contribution < 1.29 is 4.79 Å². The van der Waals surface area contributed by atoms with E-state index in [1.165, 1.54) is 0 Å². The molecule has 6 aromatic carbocycles. The van der Waals surface area contributed by atoms with Gasteiger partial charge in [0.2, 0.25) is 0 Å². The Bertz CT molecular complexity index is 3320. The molecule has 2 N–H and O–H groups in total. The molecule has 9 aromatic rings. The molecule has 0 saturated heterocycles. The van der Waals surface area contributed by atoms with E-state index in [-0.39, 0.29) is 16.9 Å². The van der Waals surface area contributed by atoms with Crippen LogP contribution in [0.3, 0.4) is 0 Å². The zero-order valence-electron chi connectivity index (χ0n) is 34.3. The number of rotatable bonds is 8. The average Bonchev–Trinajstić information content (AvgIpc) is 3.79. The number of benzene rings is 6. The van der Waals surface area contributed by atoms with Crippen LogP contribution in [-0.2, 0) is 26.2 Å². The second-order valence-corrected chi connectivity index (χ2v) is 16.9. The maximum Gasteiger partial charge on any atom is 0.251 e. The Kier molecular flexibility index (Phi) is 12.3. The summed E-state index contributed by atoms with van der Waals surface area (Å²) in [5.74, 6) is -0.107. The molecular weight excluding hydrogens is 872 g/mol. The lowest BCUT2D eigenvalue weighted by Gasteiger charge is -2.32. The van der Waals surface area contributed by atoms with Gasteiger partial charge in [0.1, 0.15) is 5.54 Å². The minimum Gasteiger partial charge on any atom is -0.333 e. The van der Waals surface area contributed by atoms with Crippen LogP contribution in [0.1, 0.15) is 39.7 Å². The Balaban J connectivity index is 0.000000177. The van der Waals surface area contributed by atoms with Gasteiger partial charge in [0.15, 0.2) is 5.78 Å². The number of imidazole rings is 1. The molecule has 3 aromatic heterocycles. The molecule has 0 unspecified atom stereocenters. The number of aromatic nitrogens is 4. The summed E-state index contributed by atoms with van der Waals surface area (Å²) in [6.45, 7) is 2.78. The Hall–Kier alpha value is -6.26. The third-order valence-electron chi connectivity index (χ3n) is 11.3. The summed E-state index contributed by atoms with van der Waals surface area (Å²) in [5.41, 5.74) is 14.6.